The molecule has 1 fully saturated rings. The summed E-state index contributed by atoms with van der Waals surface area (Å²) in [5, 5.41) is 26.1. The van der Waals surface area contributed by atoms with Crippen molar-refractivity contribution in [3.8, 4) is 23.2 Å². The molecule has 1 aliphatic rings. The highest BCUT2D eigenvalue weighted by molar-refractivity contribution is 6.00. The molecule has 0 atom stereocenters. The standard InChI is InChI=1S/C21H22N10O3/c1-23-20(32)17-15(11-16(26-27-17)31-10-9-30(8-7-22)21(31)33)25-14-6-4-5-13(18(14)34-3)19-24-12-29(2)28-19/h4-6,11-12H,8-10H2,1-3H3,(H,23,32)(H,25,26)/i1D3. The van der Waals surface area contributed by atoms with E-state index in [0.717, 1.165) is 0 Å². The average Bonchev–Trinajstić information content (AvgIpc) is 3.43. The van der Waals surface area contributed by atoms with Crippen LogP contribution in [0.15, 0.2) is 30.6 Å². The summed E-state index contributed by atoms with van der Waals surface area (Å²) in [7, 11) is 3.18. The smallest absolute Gasteiger partial charge is 0.326 e. The molecule has 3 heterocycles. The minimum Gasteiger partial charge on any atom is -0.494 e. The maximum absolute atomic E-state index is 12.8. The van der Waals surface area contributed by atoms with Crippen LogP contribution >= 0.6 is 0 Å². The Kier molecular flexibility index (Phi) is 5.20. The van der Waals surface area contributed by atoms with Crippen molar-refractivity contribution in [2.45, 2.75) is 0 Å². The molecule has 174 valence electrons. The van der Waals surface area contributed by atoms with E-state index in [1.165, 1.54) is 34.0 Å². The fraction of sp³-hybridized carbons (Fsp3) is 0.286. The van der Waals surface area contributed by atoms with Crippen LogP contribution in [0.1, 0.15) is 14.6 Å². The summed E-state index contributed by atoms with van der Waals surface area (Å²) in [5.74, 6) is -0.134. The molecule has 3 aromatic rings. The average molecular weight is 465 g/mol. The van der Waals surface area contributed by atoms with Gasteiger partial charge in [0.2, 0.25) is 0 Å². The van der Waals surface area contributed by atoms with Gasteiger partial charge in [-0.05, 0) is 12.1 Å². The topological polar surface area (TPSA) is 154 Å². The van der Waals surface area contributed by atoms with Gasteiger partial charge in [-0.2, -0.15) is 10.4 Å². The van der Waals surface area contributed by atoms with E-state index >= 15 is 0 Å². The predicted octanol–water partition coefficient (Wildman–Crippen LogP) is 1.15. The molecule has 3 amide bonds. The van der Waals surface area contributed by atoms with Gasteiger partial charge in [0, 0.05) is 37.3 Å². The normalized spacial score (nSPS) is 14.7. The van der Waals surface area contributed by atoms with Crippen LogP contribution in [0.2, 0.25) is 0 Å². The molecule has 1 aromatic carbocycles. The summed E-state index contributed by atoms with van der Waals surface area (Å²) in [5.41, 5.74) is 0.713. The van der Waals surface area contributed by atoms with Crippen molar-refractivity contribution in [2.75, 3.05) is 43.9 Å². The summed E-state index contributed by atoms with van der Waals surface area (Å²) >= 11 is 0. The van der Waals surface area contributed by atoms with Gasteiger partial charge < -0.3 is 20.3 Å². The zero-order chi connectivity index (χ0) is 26.7. The number of para-hydroxylation sites is 1. The molecule has 1 saturated heterocycles. The summed E-state index contributed by atoms with van der Waals surface area (Å²) < 4.78 is 29.3. The molecule has 0 unspecified atom stereocenters. The SMILES string of the molecule is [2H]C([2H])([2H])NC(=O)c1nnc(N2CCN(CC#N)C2=O)cc1Nc1cccc(-c2ncn(C)n2)c1OC. The predicted molar refractivity (Wildman–Crippen MR) is 122 cm³/mol. The van der Waals surface area contributed by atoms with Gasteiger partial charge in [-0.3, -0.25) is 14.4 Å². The monoisotopic (exact) mass is 465 g/mol. The fourth-order valence-corrected chi connectivity index (χ4v) is 3.50. The second-order valence-electron chi connectivity index (χ2n) is 7.19. The van der Waals surface area contributed by atoms with Crippen LogP contribution in [0.4, 0.5) is 22.0 Å². The number of carbonyl (C=O) groups is 2. The van der Waals surface area contributed by atoms with Crippen molar-refractivity contribution in [1.82, 2.24) is 35.2 Å². The summed E-state index contributed by atoms with van der Waals surface area (Å²) in [6.07, 6.45) is 1.54. The van der Waals surface area contributed by atoms with Crippen LogP contribution < -0.4 is 20.3 Å². The zero-order valence-corrected chi connectivity index (χ0v) is 18.3. The molecule has 13 heteroatoms. The molecule has 2 N–H and O–H groups in total. The lowest BCUT2D eigenvalue weighted by molar-refractivity contribution is 0.0958. The summed E-state index contributed by atoms with van der Waals surface area (Å²) in [6.45, 7) is -2.29. The summed E-state index contributed by atoms with van der Waals surface area (Å²) in [4.78, 5) is 32.4. The molecule has 0 radical (unpaired) electrons. The third-order valence-electron chi connectivity index (χ3n) is 5.07. The van der Waals surface area contributed by atoms with Crippen LogP contribution in [-0.2, 0) is 7.05 Å². The number of anilines is 3. The number of aryl methyl sites for hydroxylation is 1. The van der Waals surface area contributed by atoms with Crippen LogP contribution in [0.5, 0.6) is 5.75 Å². The van der Waals surface area contributed by atoms with E-state index in [9.17, 15) is 9.59 Å². The van der Waals surface area contributed by atoms with Gasteiger partial charge in [0.1, 0.15) is 12.9 Å². The number of ether oxygens (including phenoxy) is 1. The van der Waals surface area contributed by atoms with Crippen molar-refractivity contribution in [2.24, 2.45) is 7.05 Å². The number of aromatic nitrogens is 5. The van der Waals surface area contributed by atoms with Gasteiger partial charge in [-0.25, -0.2) is 9.78 Å². The van der Waals surface area contributed by atoms with E-state index in [-0.39, 0.29) is 30.3 Å². The number of benzene rings is 1. The fourth-order valence-electron chi connectivity index (χ4n) is 3.50. The zero-order valence-electron chi connectivity index (χ0n) is 21.3. The van der Waals surface area contributed by atoms with Crippen LogP contribution in [-0.4, -0.2) is 75.5 Å². The minimum absolute atomic E-state index is 0.0720. The number of amides is 3. The number of urea groups is 1. The van der Waals surface area contributed by atoms with Gasteiger partial charge in [-0.15, -0.1) is 10.2 Å². The van der Waals surface area contributed by atoms with Crippen LogP contribution in [0.25, 0.3) is 11.4 Å². The Morgan fingerprint density at radius 1 is 1.32 bits per heavy atom. The van der Waals surface area contributed by atoms with E-state index in [4.69, 9.17) is 14.1 Å². The Bertz CT molecular complexity index is 1380. The number of nitrogens with one attached hydrogen (secondary N) is 2. The molecular formula is C21H22N10O3. The lowest BCUT2D eigenvalue weighted by atomic mass is 10.1. The van der Waals surface area contributed by atoms with Crippen LogP contribution in [0, 0.1) is 11.3 Å². The number of nitriles is 1. The van der Waals surface area contributed by atoms with Gasteiger partial charge in [0.15, 0.2) is 23.1 Å². The lowest BCUT2D eigenvalue weighted by Crippen LogP contribution is -2.33. The van der Waals surface area contributed by atoms with E-state index in [2.05, 4.69) is 25.6 Å². The Morgan fingerprint density at radius 3 is 2.88 bits per heavy atom. The van der Waals surface area contributed by atoms with Crippen molar-refractivity contribution >= 4 is 29.1 Å². The van der Waals surface area contributed by atoms with Crippen molar-refractivity contribution < 1.29 is 18.4 Å². The highest BCUT2D eigenvalue weighted by Gasteiger charge is 2.31. The maximum Gasteiger partial charge on any atom is 0.326 e. The third kappa shape index (κ3) is 4.16. The Balaban J connectivity index is 1.76. The second-order valence-corrected chi connectivity index (χ2v) is 7.19. The van der Waals surface area contributed by atoms with E-state index in [1.54, 1.807) is 25.2 Å². The first-order valence-electron chi connectivity index (χ1n) is 11.5. The molecular weight excluding hydrogens is 440 g/mol. The van der Waals surface area contributed by atoms with Gasteiger partial charge >= 0.3 is 6.03 Å². The number of rotatable bonds is 7. The summed E-state index contributed by atoms with van der Waals surface area (Å²) in [6, 6.07) is 8.04. The highest BCUT2D eigenvalue weighted by Crippen LogP contribution is 2.37. The lowest BCUT2D eigenvalue weighted by Gasteiger charge is -2.19. The Morgan fingerprint density at radius 2 is 2.18 bits per heavy atom. The van der Waals surface area contributed by atoms with E-state index in [1.807, 2.05) is 11.4 Å². The quantitative estimate of drug-likeness (QED) is 0.489. The number of methoxy groups -OCH3 is 1. The first-order chi connectivity index (χ1) is 17.6. The molecule has 0 aliphatic carbocycles. The molecule has 0 bridgehead atoms. The van der Waals surface area contributed by atoms with E-state index < -0.39 is 18.9 Å². The first kappa shape index (κ1) is 18.8. The van der Waals surface area contributed by atoms with Gasteiger partial charge in [-0.1, -0.05) is 6.07 Å². The first-order valence-corrected chi connectivity index (χ1v) is 10.0. The number of hydrogen-bond donors (Lipinski definition) is 2. The van der Waals surface area contributed by atoms with Gasteiger partial charge in [0.25, 0.3) is 5.91 Å². The van der Waals surface area contributed by atoms with Gasteiger partial charge in [0.05, 0.1) is 30.1 Å². The molecule has 0 spiro atoms. The molecule has 4 rings (SSSR count). The minimum atomic E-state index is -2.76. The molecule has 34 heavy (non-hydrogen) atoms. The number of hydrogen-bond acceptors (Lipinski definition) is 9. The van der Waals surface area contributed by atoms with Crippen LogP contribution in [0.3, 0.4) is 0 Å². The Hall–Kier alpha value is -4.73. The maximum atomic E-state index is 12.8. The molecule has 0 saturated carbocycles. The van der Waals surface area contributed by atoms with Crippen molar-refractivity contribution in [1.29, 1.82) is 5.26 Å². The number of nitrogens with zero attached hydrogens (tertiary/aromatic N) is 8. The van der Waals surface area contributed by atoms with Crippen molar-refractivity contribution in [3.63, 3.8) is 0 Å². The second kappa shape index (κ2) is 9.41. The van der Waals surface area contributed by atoms with E-state index in [0.29, 0.717) is 29.4 Å². The Labute approximate surface area is 199 Å². The largest absolute Gasteiger partial charge is 0.494 e. The van der Waals surface area contributed by atoms with Crippen molar-refractivity contribution in [3.05, 3.63) is 36.3 Å². The third-order valence-corrected chi connectivity index (χ3v) is 5.07. The highest BCUT2D eigenvalue weighted by atomic mass is 16.5. The molecule has 13 nitrogen and oxygen atoms in total. The number of carbonyl (C=O) groups excluding carboxylic acids is 2. The molecule has 1 aliphatic heterocycles. The molecule has 2 aromatic heterocycles.